The Bertz CT molecular complexity index is 462. The molecular weight excluding hydrogens is 258 g/mol. The molecule has 1 aromatic carbocycles. The summed E-state index contributed by atoms with van der Waals surface area (Å²) < 4.78 is 22.1. The lowest BCUT2D eigenvalue weighted by Crippen LogP contribution is -2.28. The van der Waals surface area contributed by atoms with Gasteiger partial charge in [-0.05, 0) is 13.0 Å². The molecule has 5 heteroatoms. The number of ether oxygens (including phenoxy) is 4. The molecule has 0 aromatic heterocycles. The molecule has 5 nitrogen and oxygen atoms in total. The Morgan fingerprint density at radius 3 is 2.55 bits per heavy atom. The fourth-order valence-electron chi connectivity index (χ4n) is 2.56. The van der Waals surface area contributed by atoms with Crippen LogP contribution in [0.5, 0.6) is 23.0 Å². The van der Waals surface area contributed by atoms with Crippen molar-refractivity contribution in [3.63, 3.8) is 0 Å². The zero-order valence-electron chi connectivity index (χ0n) is 12.6. The molecule has 20 heavy (non-hydrogen) atoms. The Morgan fingerprint density at radius 2 is 1.95 bits per heavy atom. The molecule has 0 fully saturated rings. The summed E-state index contributed by atoms with van der Waals surface area (Å²) >= 11 is 0. The van der Waals surface area contributed by atoms with Gasteiger partial charge in [0, 0.05) is 18.5 Å². The molecule has 0 saturated heterocycles. The van der Waals surface area contributed by atoms with Gasteiger partial charge in [0.2, 0.25) is 5.75 Å². The van der Waals surface area contributed by atoms with Crippen molar-refractivity contribution in [2.75, 3.05) is 34.5 Å². The summed E-state index contributed by atoms with van der Waals surface area (Å²) in [6.07, 6.45) is 2.00. The number of methoxy groups -OCH3 is 3. The maximum absolute atomic E-state index is 5.76. The molecule has 0 saturated carbocycles. The van der Waals surface area contributed by atoms with Crippen LogP contribution in [0, 0.1) is 0 Å². The highest BCUT2D eigenvalue weighted by Gasteiger charge is 2.30. The zero-order chi connectivity index (χ0) is 14.5. The van der Waals surface area contributed by atoms with Crippen LogP contribution in [0.25, 0.3) is 0 Å². The minimum atomic E-state index is 0.216. The summed E-state index contributed by atoms with van der Waals surface area (Å²) in [5, 5.41) is 3.53. The molecule has 0 amide bonds. The third kappa shape index (κ3) is 2.63. The van der Waals surface area contributed by atoms with Crippen molar-refractivity contribution in [1.29, 1.82) is 0 Å². The van der Waals surface area contributed by atoms with Gasteiger partial charge in [-0.3, -0.25) is 0 Å². The first-order valence-corrected chi connectivity index (χ1v) is 6.95. The molecule has 0 aliphatic carbocycles. The predicted octanol–water partition coefficient (Wildman–Crippen LogP) is 2.54. The minimum Gasteiger partial charge on any atom is -0.493 e. The van der Waals surface area contributed by atoms with Gasteiger partial charge in [0.1, 0.15) is 5.75 Å². The lowest BCUT2D eigenvalue weighted by molar-refractivity contribution is 0.239. The Labute approximate surface area is 120 Å². The first kappa shape index (κ1) is 14.8. The number of benzene rings is 1. The van der Waals surface area contributed by atoms with E-state index >= 15 is 0 Å². The predicted molar refractivity (Wildman–Crippen MR) is 77.2 cm³/mol. The van der Waals surface area contributed by atoms with Gasteiger partial charge in [-0.15, -0.1) is 0 Å². The Morgan fingerprint density at radius 1 is 1.20 bits per heavy atom. The van der Waals surface area contributed by atoms with Gasteiger partial charge < -0.3 is 24.3 Å². The van der Waals surface area contributed by atoms with Crippen LogP contribution in [-0.2, 0) is 0 Å². The van der Waals surface area contributed by atoms with Gasteiger partial charge in [0.15, 0.2) is 11.5 Å². The van der Waals surface area contributed by atoms with Crippen molar-refractivity contribution in [2.24, 2.45) is 0 Å². The van der Waals surface area contributed by atoms with E-state index in [-0.39, 0.29) is 6.04 Å². The summed E-state index contributed by atoms with van der Waals surface area (Å²) in [6, 6.07) is 2.09. The van der Waals surface area contributed by atoms with E-state index in [1.807, 2.05) is 6.07 Å². The Hall–Kier alpha value is -1.62. The fraction of sp³-hybridized carbons (Fsp3) is 0.600. The largest absolute Gasteiger partial charge is 0.493 e. The van der Waals surface area contributed by atoms with E-state index in [0.717, 1.165) is 30.7 Å². The SMILES string of the molecule is CCCNC1CCOc2cc(OC)c(OC)c(OC)c21. The summed E-state index contributed by atoms with van der Waals surface area (Å²) in [6.45, 7) is 3.80. The summed E-state index contributed by atoms with van der Waals surface area (Å²) in [5.41, 5.74) is 1.02. The molecule has 112 valence electrons. The molecule has 1 N–H and O–H groups in total. The number of hydrogen-bond donors (Lipinski definition) is 1. The number of nitrogens with one attached hydrogen (secondary N) is 1. The first-order chi connectivity index (χ1) is 9.76. The van der Waals surface area contributed by atoms with Crippen molar-refractivity contribution in [3.05, 3.63) is 11.6 Å². The summed E-state index contributed by atoms with van der Waals surface area (Å²) in [4.78, 5) is 0. The minimum absolute atomic E-state index is 0.216. The second kappa shape index (κ2) is 6.70. The molecular formula is C15H23NO4. The number of hydrogen-bond acceptors (Lipinski definition) is 5. The number of rotatable bonds is 6. The lowest BCUT2D eigenvalue weighted by Gasteiger charge is -2.29. The quantitative estimate of drug-likeness (QED) is 0.868. The van der Waals surface area contributed by atoms with Crippen LogP contribution in [0.15, 0.2) is 6.07 Å². The van der Waals surface area contributed by atoms with Crippen LogP contribution in [0.4, 0.5) is 0 Å². The van der Waals surface area contributed by atoms with Gasteiger partial charge in [-0.25, -0.2) is 0 Å². The molecule has 0 bridgehead atoms. The second-order valence-corrected chi connectivity index (χ2v) is 4.70. The summed E-state index contributed by atoms with van der Waals surface area (Å²) in [5.74, 6) is 2.73. The fourth-order valence-corrected chi connectivity index (χ4v) is 2.56. The average Bonchev–Trinajstić information content (AvgIpc) is 2.50. The molecule has 0 radical (unpaired) electrons. The third-order valence-electron chi connectivity index (χ3n) is 3.48. The van der Waals surface area contributed by atoms with Crippen molar-refractivity contribution in [2.45, 2.75) is 25.8 Å². The smallest absolute Gasteiger partial charge is 0.203 e. The molecule has 1 aromatic rings. The monoisotopic (exact) mass is 281 g/mol. The van der Waals surface area contributed by atoms with Crippen LogP contribution in [0.1, 0.15) is 31.4 Å². The maximum Gasteiger partial charge on any atom is 0.203 e. The van der Waals surface area contributed by atoms with E-state index in [4.69, 9.17) is 18.9 Å². The maximum atomic E-state index is 5.76. The first-order valence-electron chi connectivity index (χ1n) is 6.95. The molecule has 1 unspecified atom stereocenters. The van der Waals surface area contributed by atoms with Gasteiger partial charge in [-0.2, -0.15) is 0 Å². The average molecular weight is 281 g/mol. The zero-order valence-corrected chi connectivity index (χ0v) is 12.6. The van der Waals surface area contributed by atoms with Crippen molar-refractivity contribution in [3.8, 4) is 23.0 Å². The van der Waals surface area contributed by atoms with Gasteiger partial charge in [-0.1, -0.05) is 6.92 Å². The van der Waals surface area contributed by atoms with Crippen LogP contribution in [0.3, 0.4) is 0 Å². The highest BCUT2D eigenvalue weighted by molar-refractivity contribution is 5.63. The van der Waals surface area contributed by atoms with Crippen molar-refractivity contribution in [1.82, 2.24) is 5.32 Å². The summed E-state index contributed by atoms with van der Waals surface area (Å²) in [7, 11) is 4.87. The van der Waals surface area contributed by atoms with Gasteiger partial charge in [0.05, 0.1) is 33.5 Å². The standard InChI is InChI=1S/C15H23NO4/c1-5-7-16-10-6-8-20-11-9-12(17-2)14(18-3)15(19-4)13(10)11/h9-10,16H,5-8H2,1-4H3. The van der Waals surface area contributed by atoms with Crippen LogP contribution in [0.2, 0.25) is 0 Å². The molecule has 2 rings (SSSR count). The van der Waals surface area contributed by atoms with E-state index in [0.29, 0.717) is 23.9 Å². The second-order valence-electron chi connectivity index (χ2n) is 4.70. The van der Waals surface area contributed by atoms with E-state index < -0.39 is 0 Å². The van der Waals surface area contributed by atoms with Crippen molar-refractivity contribution >= 4 is 0 Å². The molecule has 0 spiro atoms. The highest BCUT2D eigenvalue weighted by atomic mass is 16.5. The molecule has 1 atom stereocenters. The van der Waals surface area contributed by atoms with E-state index in [1.165, 1.54) is 0 Å². The van der Waals surface area contributed by atoms with Crippen LogP contribution < -0.4 is 24.3 Å². The van der Waals surface area contributed by atoms with E-state index in [1.54, 1.807) is 21.3 Å². The highest BCUT2D eigenvalue weighted by Crippen LogP contribution is 2.49. The van der Waals surface area contributed by atoms with Crippen LogP contribution in [-0.4, -0.2) is 34.5 Å². The van der Waals surface area contributed by atoms with Gasteiger partial charge in [0.25, 0.3) is 0 Å². The van der Waals surface area contributed by atoms with Crippen molar-refractivity contribution < 1.29 is 18.9 Å². The number of fused-ring (bicyclic) bond motifs is 1. The van der Waals surface area contributed by atoms with E-state index in [9.17, 15) is 0 Å². The lowest BCUT2D eigenvalue weighted by atomic mass is 9.98. The molecule has 1 aliphatic heterocycles. The molecule has 1 heterocycles. The third-order valence-corrected chi connectivity index (χ3v) is 3.48. The topological polar surface area (TPSA) is 49.0 Å². The van der Waals surface area contributed by atoms with E-state index in [2.05, 4.69) is 12.2 Å². The Balaban J connectivity index is 2.50. The normalized spacial score (nSPS) is 17.1. The Kier molecular flexibility index (Phi) is 4.95. The van der Waals surface area contributed by atoms with Crippen LogP contribution >= 0.6 is 0 Å². The van der Waals surface area contributed by atoms with Gasteiger partial charge >= 0.3 is 0 Å². The molecule has 1 aliphatic rings.